The monoisotopic (exact) mass is 615 g/mol. The van der Waals surface area contributed by atoms with Crippen LogP contribution in [0.5, 0.6) is 0 Å². The van der Waals surface area contributed by atoms with Gasteiger partial charge in [0, 0.05) is 30.8 Å². The number of imidazole rings is 1. The van der Waals surface area contributed by atoms with Gasteiger partial charge in [-0.2, -0.15) is 0 Å². The average molecular weight is 616 g/mol. The molecule has 2 heterocycles. The molecule has 0 saturated carbocycles. The van der Waals surface area contributed by atoms with E-state index in [4.69, 9.17) is 21.0 Å². The van der Waals surface area contributed by atoms with Gasteiger partial charge in [-0.25, -0.2) is 9.67 Å². The van der Waals surface area contributed by atoms with Crippen LogP contribution in [0.15, 0.2) is 146 Å². The van der Waals surface area contributed by atoms with Gasteiger partial charge in [-0.3, -0.25) is 0 Å². The van der Waals surface area contributed by atoms with Crippen molar-refractivity contribution in [3.63, 3.8) is 0 Å². The molecule has 1 atom stereocenters. The third-order valence-electron chi connectivity index (χ3n) is 8.81. The number of nitrogens with two attached hydrogens (primary N) is 1. The summed E-state index contributed by atoms with van der Waals surface area (Å²) in [4.78, 5) is 4.74. The first kappa shape index (κ1) is 30.0. The standard InChI is InChI=1S/C40H37N7/c1-3-38-42-37(29(2)41)28-46(38)27-30-23-25-31(26-24-30)35-21-13-14-22-36(35)39-43-44-45-47(39)40(32-15-7-4-8-16-32,33-17-9-5-10-18-33)34-19-11-6-12-20-34/h4-26,28-29H,3,27,41H2,1-2H3. The fourth-order valence-electron chi connectivity index (χ4n) is 6.52. The predicted molar refractivity (Wildman–Crippen MR) is 187 cm³/mol. The van der Waals surface area contributed by atoms with Gasteiger partial charge in [0.15, 0.2) is 5.82 Å². The molecule has 232 valence electrons. The van der Waals surface area contributed by atoms with Crippen LogP contribution in [0.25, 0.3) is 22.5 Å². The quantitative estimate of drug-likeness (QED) is 0.160. The van der Waals surface area contributed by atoms with Crippen LogP contribution < -0.4 is 5.73 Å². The fraction of sp³-hybridized carbons (Fsp3) is 0.150. The van der Waals surface area contributed by atoms with Gasteiger partial charge >= 0.3 is 0 Å². The largest absolute Gasteiger partial charge is 0.330 e. The maximum atomic E-state index is 6.13. The van der Waals surface area contributed by atoms with E-state index < -0.39 is 5.54 Å². The van der Waals surface area contributed by atoms with Crippen molar-refractivity contribution in [2.45, 2.75) is 38.4 Å². The van der Waals surface area contributed by atoms with E-state index in [9.17, 15) is 0 Å². The van der Waals surface area contributed by atoms with Gasteiger partial charge in [-0.1, -0.05) is 146 Å². The summed E-state index contributed by atoms with van der Waals surface area (Å²) in [5.41, 5.74) is 13.7. The second-order valence-electron chi connectivity index (χ2n) is 11.8. The average Bonchev–Trinajstić information content (AvgIpc) is 3.79. The lowest BCUT2D eigenvalue weighted by molar-refractivity contribution is 0.451. The summed E-state index contributed by atoms with van der Waals surface area (Å²) in [6, 6.07) is 48.4. The van der Waals surface area contributed by atoms with Crippen molar-refractivity contribution in [1.82, 2.24) is 29.8 Å². The minimum absolute atomic E-state index is 0.0960. The van der Waals surface area contributed by atoms with Gasteiger partial charge in [-0.05, 0) is 50.7 Å². The molecule has 7 heteroatoms. The molecular weight excluding hydrogens is 578 g/mol. The van der Waals surface area contributed by atoms with Gasteiger partial charge in [-0.15, -0.1) is 5.10 Å². The minimum Gasteiger partial charge on any atom is -0.330 e. The van der Waals surface area contributed by atoms with Crippen molar-refractivity contribution in [3.8, 4) is 22.5 Å². The molecule has 0 bridgehead atoms. The highest BCUT2D eigenvalue weighted by atomic mass is 15.6. The molecule has 1 unspecified atom stereocenters. The molecule has 0 fully saturated rings. The first-order valence-electron chi connectivity index (χ1n) is 16.0. The molecule has 47 heavy (non-hydrogen) atoms. The lowest BCUT2D eigenvalue weighted by Crippen LogP contribution is -2.39. The van der Waals surface area contributed by atoms with Crippen LogP contribution in [0.1, 0.15) is 53.7 Å². The van der Waals surface area contributed by atoms with E-state index in [1.807, 2.05) is 35.9 Å². The molecular formula is C40H37N7. The highest BCUT2D eigenvalue weighted by Crippen LogP contribution is 2.43. The Kier molecular flexibility index (Phi) is 8.29. The number of hydrogen-bond donors (Lipinski definition) is 1. The summed E-state index contributed by atoms with van der Waals surface area (Å²) >= 11 is 0. The molecule has 0 aliphatic rings. The van der Waals surface area contributed by atoms with Gasteiger partial charge in [0.1, 0.15) is 11.4 Å². The first-order valence-corrected chi connectivity index (χ1v) is 16.0. The molecule has 0 amide bonds. The third kappa shape index (κ3) is 5.55. The lowest BCUT2D eigenvalue weighted by atomic mass is 9.77. The Morgan fingerprint density at radius 2 is 1.21 bits per heavy atom. The van der Waals surface area contributed by atoms with E-state index in [0.717, 1.165) is 57.9 Å². The van der Waals surface area contributed by atoms with Crippen LogP contribution in [0, 0.1) is 0 Å². The molecule has 2 N–H and O–H groups in total. The Balaban J connectivity index is 1.35. The summed E-state index contributed by atoms with van der Waals surface area (Å²) in [5, 5.41) is 13.8. The summed E-state index contributed by atoms with van der Waals surface area (Å²) in [6.45, 7) is 4.83. The number of tetrazole rings is 1. The zero-order valence-electron chi connectivity index (χ0n) is 26.6. The maximum Gasteiger partial charge on any atom is 0.184 e. The highest BCUT2D eigenvalue weighted by molar-refractivity contribution is 5.81. The highest BCUT2D eigenvalue weighted by Gasteiger charge is 2.42. The molecule has 5 aromatic carbocycles. The van der Waals surface area contributed by atoms with E-state index in [2.05, 4.69) is 138 Å². The van der Waals surface area contributed by atoms with Crippen molar-refractivity contribution in [2.75, 3.05) is 0 Å². The van der Waals surface area contributed by atoms with Gasteiger partial charge in [0.05, 0.1) is 5.69 Å². The van der Waals surface area contributed by atoms with Gasteiger partial charge in [0.25, 0.3) is 0 Å². The number of aromatic nitrogens is 6. The van der Waals surface area contributed by atoms with Crippen LogP contribution in [-0.4, -0.2) is 29.8 Å². The van der Waals surface area contributed by atoms with Crippen molar-refractivity contribution < 1.29 is 0 Å². The molecule has 7 nitrogen and oxygen atoms in total. The second-order valence-corrected chi connectivity index (χ2v) is 11.8. The zero-order valence-corrected chi connectivity index (χ0v) is 26.6. The van der Waals surface area contributed by atoms with Crippen LogP contribution in [-0.2, 0) is 18.5 Å². The SMILES string of the molecule is CCc1nc(C(C)N)cn1Cc1ccc(-c2ccccc2-c2nnnn2C(c2ccccc2)(c2ccccc2)c2ccccc2)cc1. The Morgan fingerprint density at radius 1 is 0.681 bits per heavy atom. The Labute approximate surface area is 275 Å². The summed E-state index contributed by atoms with van der Waals surface area (Å²) < 4.78 is 4.19. The van der Waals surface area contributed by atoms with Crippen molar-refractivity contribution in [3.05, 3.63) is 179 Å². The number of benzene rings is 5. The smallest absolute Gasteiger partial charge is 0.184 e. The molecule has 0 saturated heterocycles. The van der Waals surface area contributed by atoms with Gasteiger partial charge < -0.3 is 10.3 Å². The van der Waals surface area contributed by atoms with E-state index in [1.165, 1.54) is 5.56 Å². The summed E-state index contributed by atoms with van der Waals surface area (Å²) in [7, 11) is 0. The Morgan fingerprint density at radius 3 is 1.74 bits per heavy atom. The number of hydrogen-bond acceptors (Lipinski definition) is 5. The topological polar surface area (TPSA) is 87.4 Å². The van der Waals surface area contributed by atoms with Crippen LogP contribution in [0.4, 0.5) is 0 Å². The van der Waals surface area contributed by atoms with Crippen molar-refractivity contribution in [2.24, 2.45) is 5.73 Å². The molecule has 7 aromatic rings. The molecule has 2 aromatic heterocycles. The number of rotatable bonds is 10. The van der Waals surface area contributed by atoms with E-state index in [-0.39, 0.29) is 6.04 Å². The van der Waals surface area contributed by atoms with E-state index in [1.54, 1.807) is 0 Å². The van der Waals surface area contributed by atoms with E-state index in [0.29, 0.717) is 5.82 Å². The molecule has 0 radical (unpaired) electrons. The Bertz CT molecular complexity index is 1970. The predicted octanol–water partition coefficient (Wildman–Crippen LogP) is 7.67. The van der Waals surface area contributed by atoms with Gasteiger partial charge in [0.2, 0.25) is 0 Å². The van der Waals surface area contributed by atoms with Crippen LogP contribution >= 0.6 is 0 Å². The van der Waals surface area contributed by atoms with Crippen LogP contribution in [0.2, 0.25) is 0 Å². The second kappa shape index (κ2) is 13.0. The lowest BCUT2D eigenvalue weighted by Gasteiger charge is -2.36. The molecule has 0 spiro atoms. The molecule has 7 rings (SSSR count). The van der Waals surface area contributed by atoms with Crippen molar-refractivity contribution in [1.29, 1.82) is 0 Å². The maximum absolute atomic E-state index is 6.13. The number of aryl methyl sites for hydroxylation is 1. The molecule has 0 aliphatic heterocycles. The summed E-state index contributed by atoms with van der Waals surface area (Å²) in [6.07, 6.45) is 2.92. The minimum atomic E-state index is -0.832. The van der Waals surface area contributed by atoms with Crippen LogP contribution in [0.3, 0.4) is 0 Å². The summed E-state index contributed by atoms with van der Waals surface area (Å²) in [5.74, 6) is 1.72. The van der Waals surface area contributed by atoms with Crippen molar-refractivity contribution >= 4 is 0 Å². The fourth-order valence-corrected chi connectivity index (χ4v) is 6.52. The first-order chi connectivity index (χ1) is 23.1. The van der Waals surface area contributed by atoms with E-state index >= 15 is 0 Å². The Hall–Kier alpha value is -5.66. The number of nitrogens with zero attached hydrogens (tertiary/aromatic N) is 6. The normalized spacial score (nSPS) is 12.2. The molecule has 0 aliphatic carbocycles. The third-order valence-corrected chi connectivity index (χ3v) is 8.81. The zero-order chi connectivity index (χ0) is 32.2.